The van der Waals surface area contributed by atoms with Crippen LogP contribution >= 0.6 is 0 Å². The zero-order valence-electron chi connectivity index (χ0n) is 16.2. The smallest absolute Gasteiger partial charge is 0.311 e. The van der Waals surface area contributed by atoms with Gasteiger partial charge in [0.2, 0.25) is 5.91 Å². The Kier molecular flexibility index (Phi) is 7.64. The minimum atomic E-state index is -0.565. The van der Waals surface area contributed by atoms with E-state index in [1.807, 2.05) is 20.8 Å². The molecule has 0 spiro atoms. The first kappa shape index (κ1) is 20.7. The Labute approximate surface area is 160 Å². The van der Waals surface area contributed by atoms with Crippen LogP contribution in [0.5, 0.6) is 5.75 Å². The molecular formula is C20H28N2O5. The number of nitrogens with one attached hydrogen (secondary N) is 1. The third-order valence-electron chi connectivity index (χ3n) is 4.61. The molecule has 7 nitrogen and oxygen atoms in total. The summed E-state index contributed by atoms with van der Waals surface area (Å²) in [6.07, 6.45) is 1.73. The number of nitrogens with zero attached hydrogens (tertiary/aromatic N) is 1. The number of anilines is 1. The number of hydrogen-bond acceptors (Lipinski definition) is 5. The molecule has 27 heavy (non-hydrogen) atoms. The molecule has 1 aliphatic heterocycles. The number of esters is 1. The van der Waals surface area contributed by atoms with Crippen LogP contribution in [0.1, 0.15) is 40.0 Å². The molecule has 2 rings (SSSR count). The van der Waals surface area contributed by atoms with E-state index < -0.39 is 11.9 Å². The van der Waals surface area contributed by atoms with E-state index in [1.165, 1.54) is 0 Å². The number of amides is 2. The van der Waals surface area contributed by atoms with Crippen molar-refractivity contribution in [2.45, 2.75) is 46.1 Å². The number of carbonyl (C=O) groups excluding carboxylic acids is 3. The highest BCUT2D eigenvalue weighted by Gasteiger charge is 2.36. The Balaban J connectivity index is 1.86. The molecule has 1 aromatic carbocycles. The van der Waals surface area contributed by atoms with Gasteiger partial charge in [-0.2, -0.15) is 0 Å². The molecular weight excluding hydrogens is 348 g/mol. The third kappa shape index (κ3) is 5.70. The maximum Gasteiger partial charge on any atom is 0.311 e. The maximum absolute atomic E-state index is 12.3. The molecule has 1 aliphatic rings. The molecule has 148 valence electrons. The van der Waals surface area contributed by atoms with Gasteiger partial charge in [0, 0.05) is 24.7 Å². The van der Waals surface area contributed by atoms with Crippen LogP contribution in [0.2, 0.25) is 0 Å². The summed E-state index contributed by atoms with van der Waals surface area (Å²) >= 11 is 0. The average Bonchev–Trinajstić information content (AvgIpc) is 3.07. The fourth-order valence-corrected chi connectivity index (χ4v) is 3.02. The summed E-state index contributed by atoms with van der Waals surface area (Å²) in [6, 6.07) is 7.25. The van der Waals surface area contributed by atoms with Gasteiger partial charge in [-0.3, -0.25) is 14.4 Å². The van der Waals surface area contributed by atoms with E-state index in [2.05, 4.69) is 5.32 Å². The van der Waals surface area contributed by atoms with E-state index in [9.17, 15) is 14.4 Å². The van der Waals surface area contributed by atoms with Crippen molar-refractivity contribution in [3.8, 4) is 5.75 Å². The summed E-state index contributed by atoms with van der Waals surface area (Å²) in [5, 5.41) is 2.82. The predicted molar refractivity (Wildman–Crippen MR) is 102 cm³/mol. The number of benzene rings is 1. The van der Waals surface area contributed by atoms with Crippen LogP contribution in [0.3, 0.4) is 0 Å². The van der Waals surface area contributed by atoms with E-state index >= 15 is 0 Å². The van der Waals surface area contributed by atoms with Crippen LogP contribution in [0.25, 0.3) is 0 Å². The predicted octanol–water partition coefficient (Wildman–Crippen LogP) is 2.29. The van der Waals surface area contributed by atoms with Crippen molar-refractivity contribution in [1.82, 2.24) is 5.32 Å². The Morgan fingerprint density at radius 3 is 2.44 bits per heavy atom. The van der Waals surface area contributed by atoms with Crippen molar-refractivity contribution < 1.29 is 23.9 Å². The van der Waals surface area contributed by atoms with Crippen LogP contribution < -0.4 is 15.0 Å². The van der Waals surface area contributed by atoms with Crippen molar-refractivity contribution in [1.29, 1.82) is 0 Å². The van der Waals surface area contributed by atoms with Crippen molar-refractivity contribution in [3.63, 3.8) is 0 Å². The highest BCUT2D eigenvalue weighted by atomic mass is 16.5. The minimum Gasteiger partial charge on any atom is -0.494 e. The molecule has 1 heterocycles. The van der Waals surface area contributed by atoms with Crippen LogP contribution in [0, 0.1) is 5.92 Å². The molecule has 1 unspecified atom stereocenters. The zero-order chi connectivity index (χ0) is 19.8. The second kappa shape index (κ2) is 9.94. The summed E-state index contributed by atoms with van der Waals surface area (Å²) in [5.74, 6) is -0.804. The van der Waals surface area contributed by atoms with Crippen molar-refractivity contribution >= 4 is 23.5 Å². The quantitative estimate of drug-likeness (QED) is 0.669. The SMILES string of the molecule is CCOc1ccc(N2CC(C(=O)OCC(=O)NC(CC)CC)CC2=O)cc1. The molecule has 7 heteroatoms. The minimum absolute atomic E-state index is 0.0828. The van der Waals surface area contributed by atoms with E-state index in [0.29, 0.717) is 12.3 Å². The highest BCUT2D eigenvalue weighted by molar-refractivity contribution is 5.99. The second-order valence-corrected chi connectivity index (χ2v) is 6.52. The molecule has 0 aliphatic carbocycles. The molecule has 1 N–H and O–H groups in total. The first-order chi connectivity index (χ1) is 13.0. The normalized spacial score (nSPS) is 16.5. The number of rotatable bonds is 9. The van der Waals surface area contributed by atoms with Crippen molar-refractivity contribution in [2.75, 3.05) is 24.7 Å². The Hall–Kier alpha value is -2.57. The summed E-state index contributed by atoms with van der Waals surface area (Å²) in [6.45, 7) is 6.38. The lowest BCUT2D eigenvalue weighted by atomic mass is 10.1. The lowest BCUT2D eigenvalue weighted by Crippen LogP contribution is -2.37. The molecule has 1 atom stereocenters. The first-order valence-electron chi connectivity index (χ1n) is 9.47. The number of carbonyl (C=O) groups is 3. The molecule has 1 saturated heterocycles. The molecule has 0 aromatic heterocycles. The van der Waals surface area contributed by atoms with Gasteiger partial charge >= 0.3 is 5.97 Å². The third-order valence-corrected chi connectivity index (χ3v) is 4.61. The topological polar surface area (TPSA) is 84.9 Å². The molecule has 0 radical (unpaired) electrons. The monoisotopic (exact) mass is 376 g/mol. The first-order valence-corrected chi connectivity index (χ1v) is 9.47. The molecule has 0 bridgehead atoms. The Morgan fingerprint density at radius 1 is 1.19 bits per heavy atom. The van der Waals surface area contributed by atoms with E-state index in [4.69, 9.17) is 9.47 Å². The van der Waals surface area contributed by atoms with Gasteiger partial charge < -0.3 is 19.7 Å². The summed E-state index contributed by atoms with van der Waals surface area (Å²) < 4.78 is 10.5. The molecule has 0 saturated carbocycles. The van der Waals surface area contributed by atoms with Gasteiger partial charge in [0.25, 0.3) is 5.91 Å². The fourth-order valence-electron chi connectivity index (χ4n) is 3.02. The largest absolute Gasteiger partial charge is 0.494 e. The summed E-state index contributed by atoms with van der Waals surface area (Å²) in [7, 11) is 0. The molecule has 2 amide bonds. The average molecular weight is 376 g/mol. The molecule has 1 fully saturated rings. The summed E-state index contributed by atoms with van der Waals surface area (Å²) in [5.41, 5.74) is 0.713. The standard InChI is InChI=1S/C20H28N2O5/c1-4-15(5-2)21-18(23)13-27-20(25)14-11-19(24)22(12-14)16-7-9-17(10-8-16)26-6-3/h7-10,14-15H,4-6,11-13H2,1-3H3,(H,21,23). The van der Waals surface area contributed by atoms with Crippen LogP contribution in [-0.2, 0) is 19.1 Å². The molecule has 1 aromatic rings. The van der Waals surface area contributed by atoms with Gasteiger partial charge in [0.15, 0.2) is 6.61 Å². The number of hydrogen-bond donors (Lipinski definition) is 1. The van der Waals surface area contributed by atoms with E-state index in [0.717, 1.165) is 18.6 Å². The van der Waals surface area contributed by atoms with E-state index in [1.54, 1.807) is 29.2 Å². The van der Waals surface area contributed by atoms with Crippen molar-refractivity contribution in [2.24, 2.45) is 5.92 Å². The highest BCUT2D eigenvalue weighted by Crippen LogP contribution is 2.27. The lowest BCUT2D eigenvalue weighted by molar-refractivity contribution is -0.152. The fraction of sp³-hybridized carbons (Fsp3) is 0.550. The zero-order valence-corrected chi connectivity index (χ0v) is 16.2. The van der Waals surface area contributed by atoms with Gasteiger partial charge in [-0.25, -0.2) is 0 Å². The number of ether oxygens (including phenoxy) is 2. The lowest BCUT2D eigenvalue weighted by Gasteiger charge is -2.17. The Bertz CT molecular complexity index is 655. The van der Waals surface area contributed by atoms with Gasteiger partial charge in [-0.15, -0.1) is 0 Å². The van der Waals surface area contributed by atoms with Crippen LogP contribution in [0.4, 0.5) is 5.69 Å². The van der Waals surface area contributed by atoms with Crippen LogP contribution in [-0.4, -0.2) is 43.6 Å². The van der Waals surface area contributed by atoms with Crippen LogP contribution in [0.15, 0.2) is 24.3 Å². The Morgan fingerprint density at radius 2 is 1.85 bits per heavy atom. The van der Waals surface area contributed by atoms with Gasteiger partial charge in [0.1, 0.15) is 5.75 Å². The summed E-state index contributed by atoms with van der Waals surface area (Å²) in [4.78, 5) is 37.9. The second-order valence-electron chi connectivity index (χ2n) is 6.52. The van der Waals surface area contributed by atoms with E-state index in [-0.39, 0.29) is 37.4 Å². The van der Waals surface area contributed by atoms with Gasteiger partial charge in [0.05, 0.1) is 12.5 Å². The van der Waals surface area contributed by atoms with Gasteiger partial charge in [-0.1, -0.05) is 13.8 Å². The van der Waals surface area contributed by atoms with Crippen molar-refractivity contribution in [3.05, 3.63) is 24.3 Å². The van der Waals surface area contributed by atoms with Gasteiger partial charge in [-0.05, 0) is 44.0 Å². The maximum atomic E-state index is 12.3.